The van der Waals surface area contributed by atoms with Crippen molar-refractivity contribution in [3.05, 3.63) is 53.6 Å². The van der Waals surface area contributed by atoms with Crippen LogP contribution in [0.5, 0.6) is 17.2 Å². The summed E-state index contributed by atoms with van der Waals surface area (Å²) in [5.41, 5.74) is 1.75. The van der Waals surface area contributed by atoms with Crippen LogP contribution in [0.4, 0.5) is 0 Å². The van der Waals surface area contributed by atoms with E-state index in [1.54, 1.807) is 37.3 Å². The Morgan fingerprint density at radius 2 is 1.80 bits per heavy atom. The summed E-state index contributed by atoms with van der Waals surface area (Å²) in [5.74, 6) is 1.58. The number of nitrogens with zero attached hydrogens (tertiary/aromatic N) is 1. The molecule has 2 aromatic rings. The van der Waals surface area contributed by atoms with Gasteiger partial charge in [-0.2, -0.15) is 0 Å². The fraction of sp³-hybridized carbons (Fsp3) is 0.409. The smallest absolute Gasteiger partial charge is 0.261 e. The first-order valence-electron chi connectivity index (χ1n) is 9.72. The minimum absolute atomic E-state index is 0.0314. The number of aryl methyl sites for hydroxylation is 1. The molecule has 7 nitrogen and oxygen atoms in total. The Morgan fingerprint density at radius 3 is 2.43 bits per heavy atom. The van der Waals surface area contributed by atoms with E-state index in [0.717, 1.165) is 11.1 Å². The van der Waals surface area contributed by atoms with Crippen molar-refractivity contribution in [2.75, 3.05) is 32.3 Å². The summed E-state index contributed by atoms with van der Waals surface area (Å²) in [7, 11) is -0.0420. The number of carbonyl (C=O) groups is 1. The monoisotopic (exact) mass is 433 g/mol. The molecule has 1 amide bonds. The molecular formula is C22H27NO6S. The van der Waals surface area contributed by atoms with Crippen LogP contribution in [0.3, 0.4) is 0 Å². The lowest BCUT2D eigenvalue weighted by atomic mass is 10.1. The highest BCUT2D eigenvalue weighted by Gasteiger charge is 2.35. The summed E-state index contributed by atoms with van der Waals surface area (Å²) < 4.78 is 40.4. The molecule has 0 spiro atoms. The van der Waals surface area contributed by atoms with Crippen LogP contribution in [0.15, 0.2) is 42.5 Å². The highest BCUT2D eigenvalue weighted by atomic mass is 32.2. The Bertz CT molecular complexity index is 1000. The van der Waals surface area contributed by atoms with E-state index >= 15 is 0 Å². The Balaban J connectivity index is 1.80. The Labute approximate surface area is 177 Å². The highest BCUT2D eigenvalue weighted by molar-refractivity contribution is 7.91. The molecule has 0 aliphatic carbocycles. The number of amides is 1. The lowest BCUT2D eigenvalue weighted by Crippen LogP contribution is -2.43. The third kappa shape index (κ3) is 5.24. The van der Waals surface area contributed by atoms with Gasteiger partial charge in [-0.15, -0.1) is 0 Å². The van der Waals surface area contributed by atoms with Crippen LogP contribution >= 0.6 is 0 Å². The lowest BCUT2D eigenvalue weighted by molar-refractivity contribution is -0.136. The average molecular weight is 434 g/mol. The van der Waals surface area contributed by atoms with Crippen LogP contribution < -0.4 is 14.2 Å². The normalized spacial score (nSPS) is 17.4. The number of ether oxygens (including phenoxy) is 3. The van der Waals surface area contributed by atoms with E-state index in [-0.39, 0.29) is 36.6 Å². The molecule has 1 saturated heterocycles. The van der Waals surface area contributed by atoms with Crippen molar-refractivity contribution in [1.29, 1.82) is 0 Å². The van der Waals surface area contributed by atoms with Crippen molar-refractivity contribution < 1.29 is 27.4 Å². The highest BCUT2D eigenvalue weighted by Crippen LogP contribution is 2.29. The maximum atomic E-state index is 13.1. The van der Waals surface area contributed by atoms with Gasteiger partial charge >= 0.3 is 0 Å². The van der Waals surface area contributed by atoms with Gasteiger partial charge in [-0.3, -0.25) is 4.79 Å². The number of carbonyl (C=O) groups excluding carboxylic acids is 1. The minimum Gasteiger partial charge on any atom is -0.493 e. The molecule has 1 aliphatic rings. The summed E-state index contributed by atoms with van der Waals surface area (Å²) in [4.78, 5) is 14.7. The second kappa shape index (κ2) is 9.38. The number of hydrogen-bond acceptors (Lipinski definition) is 6. The van der Waals surface area contributed by atoms with Crippen molar-refractivity contribution in [3.8, 4) is 17.2 Å². The van der Waals surface area contributed by atoms with E-state index in [4.69, 9.17) is 14.2 Å². The maximum Gasteiger partial charge on any atom is 0.261 e. The van der Waals surface area contributed by atoms with Crippen molar-refractivity contribution in [2.45, 2.75) is 25.9 Å². The zero-order chi connectivity index (χ0) is 21.7. The average Bonchev–Trinajstić information content (AvgIpc) is 3.10. The number of rotatable bonds is 8. The van der Waals surface area contributed by atoms with Gasteiger partial charge in [0.1, 0.15) is 5.75 Å². The zero-order valence-corrected chi connectivity index (χ0v) is 18.3. The SMILES string of the molecule is COc1ccc(CN(C(=O)COc2ccccc2C)C2CCS(=O)(=O)C2)cc1OC. The van der Waals surface area contributed by atoms with E-state index in [9.17, 15) is 13.2 Å². The summed E-state index contributed by atoms with van der Waals surface area (Å²) in [5, 5.41) is 0. The van der Waals surface area contributed by atoms with Gasteiger partial charge in [0.25, 0.3) is 5.91 Å². The van der Waals surface area contributed by atoms with Crippen LogP contribution in [-0.4, -0.2) is 57.6 Å². The predicted octanol–water partition coefficient (Wildman–Crippen LogP) is 2.61. The fourth-order valence-electron chi connectivity index (χ4n) is 3.56. The van der Waals surface area contributed by atoms with Crippen molar-refractivity contribution >= 4 is 15.7 Å². The number of methoxy groups -OCH3 is 2. The lowest BCUT2D eigenvalue weighted by Gasteiger charge is -2.29. The Morgan fingerprint density at radius 1 is 1.07 bits per heavy atom. The number of sulfone groups is 1. The molecule has 0 saturated carbocycles. The molecule has 1 aliphatic heterocycles. The third-order valence-corrected chi connectivity index (χ3v) is 6.97. The fourth-order valence-corrected chi connectivity index (χ4v) is 5.29. The van der Waals surface area contributed by atoms with Gasteiger partial charge in [-0.05, 0) is 42.7 Å². The van der Waals surface area contributed by atoms with Crippen LogP contribution in [-0.2, 0) is 21.2 Å². The van der Waals surface area contributed by atoms with Crippen molar-refractivity contribution in [3.63, 3.8) is 0 Å². The molecule has 30 heavy (non-hydrogen) atoms. The molecule has 1 heterocycles. The molecule has 1 unspecified atom stereocenters. The number of hydrogen-bond donors (Lipinski definition) is 0. The quantitative estimate of drug-likeness (QED) is 0.637. The summed E-state index contributed by atoms with van der Waals surface area (Å²) in [6, 6.07) is 12.5. The van der Waals surface area contributed by atoms with Gasteiger partial charge in [0.15, 0.2) is 27.9 Å². The molecule has 0 aromatic heterocycles. The van der Waals surface area contributed by atoms with E-state index in [2.05, 4.69) is 0 Å². The molecule has 2 aromatic carbocycles. The van der Waals surface area contributed by atoms with E-state index < -0.39 is 9.84 Å². The van der Waals surface area contributed by atoms with Crippen molar-refractivity contribution in [2.24, 2.45) is 0 Å². The number of benzene rings is 2. The largest absolute Gasteiger partial charge is 0.493 e. The summed E-state index contributed by atoms with van der Waals surface area (Å²) >= 11 is 0. The molecule has 1 atom stereocenters. The second-order valence-corrected chi connectivity index (χ2v) is 9.55. The molecule has 0 radical (unpaired) electrons. The van der Waals surface area contributed by atoms with E-state index in [0.29, 0.717) is 23.7 Å². The Hall–Kier alpha value is -2.74. The topological polar surface area (TPSA) is 82.1 Å². The first-order chi connectivity index (χ1) is 14.3. The zero-order valence-electron chi connectivity index (χ0n) is 17.5. The number of para-hydroxylation sites is 1. The summed E-state index contributed by atoms with van der Waals surface area (Å²) in [6.07, 6.45) is 0.422. The molecule has 8 heteroatoms. The molecular weight excluding hydrogens is 406 g/mol. The van der Waals surface area contributed by atoms with Gasteiger partial charge < -0.3 is 19.1 Å². The van der Waals surface area contributed by atoms with Crippen LogP contribution in [0.25, 0.3) is 0 Å². The molecule has 0 N–H and O–H groups in total. The van der Waals surface area contributed by atoms with Gasteiger partial charge in [-0.25, -0.2) is 8.42 Å². The Kier molecular flexibility index (Phi) is 6.87. The van der Waals surface area contributed by atoms with E-state index in [1.165, 1.54) is 0 Å². The van der Waals surface area contributed by atoms with Gasteiger partial charge in [0.2, 0.25) is 0 Å². The molecule has 0 bridgehead atoms. The predicted molar refractivity (Wildman–Crippen MR) is 114 cm³/mol. The van der Waals surface area contributed by atoms with Gasteiger partial charge in [0, 0.05) is 12.6 Å². The summed E-state index contributed by atoms with van der Waals surface area (Å²) in [6.45, 7) is 2.01. The van der Waals surface area contributed by atoms with Gasteiger partial charge in [-0.1, -0.05) is 24.3 Å². The first-order valence-corrected chi connectivity index (χ1v) is 11.5. The first kappa shape index (κ1) is 22.0. The van der Waals surface area contributed by atoms with Crippen LogP contribution in [0.1, 0.15) is 17.5 Å². The van der Waals surface area contributed by atoms with E-state index in [1.807, 2.05) is 31.2 Å². The van der Waals surface area contributed by atoms with Gasteiger partial charge in [0.05, 0.1) is 25.7 Å². The molecule has 162 valence electrons. The van der Waals surface area contributed by atoms with Crippen molar-refractivity contribution in [1.82, 2.24) is 4.90 Å². The third-order valence-electron chi connectivity index (χ3n) is 5.22. The molecule has 1 fully saturated rings. The second-order valence-electron chi connectivity index (χ2n) is 7.32. The maximum absolute atomic E-state index is 13.1. The standard InChI is InChI=1S/C22H27NO6S/c1-16-6-4-5-7-19(16)29-14-22(24)23(18-10-11-30(25,26)15-18)13-17-8-9-20(27-2)21(12-17)28-3/h4-9,12,18H,10-11,13-15H2,1-3H3. The minimum atomic E-state index is -3.14. The van der Waals surface area contributed by atoms with Crippen LogP contribution in [0.2, 0.25) is 0 Å². The molecule has 3 rings (SSSR count). The van der Waals surface area contributed by atoms with Crippen LogP contribution in [0, 0.1) is 6.92 Å².